The van der Waals surface area contributed by atoms with Crippen LogP contribution >= 0.6 is 11.8 Å². The number of ether oxygens (including phenoxy) is 1. The van der Waals surface area contributed by atoms with Crippen molar-refractivity contribution in [2.24, 2.45) is 0 Å². The molecule has 0 aliphatic carbocycles. The lowest BCUT2D eigenvalue weighted by Gasteiger charge is -2.10. The van der Waals surface area contributed by atoms with Gasteiger partial charge in [0.05, 0.1) is 12.4 Å². The Bertz CT molecular complexity index is 1120. The summed E-state index contributed by atoms with van der Waals surface area (Å²) in [6.45, 7) is -0.130. The first-order chi connectivity index (χ1) is 14.2. The molecule has 0 bridgehead atoms. The molecular formula is C21H16FN3O3S. The van der Waals surface area contributed by atoms with Gasteiger partial charge in [-0.25, -0.2) is 19.2 Å². The average molecular weight is 409 g/mol. The number of nitrogens with zero attached hydrogens (tertiary/aromatic N) is 3. The minimum atomic E-state index is -0.539. The number of aromatic nitrogens is 3. The van der Waals surface area contributed by atoms with Crippen LogP contribution in [0.1, 0.15) is 16.4 Å². The zero-order valence-corrected chi connectivity index (χ0v) is 16.2. The summed E-state index contributed by atoms with van der Waals surface area (Å²) in [6.07, 6.45) is 4.89. The van der Waals surface area contributed by atoms with Crippen molar-refractivity contribution in [1.82, 2.24) is 14.5 Å². The zero-order chi connectivity index (χ0) is 20.2. The number of benzene rings is 2. The van der Waals surface area contributed by atoms with E-state index in [2.05, 4.69) is 9.97 Å². The Morgan fingerprint density at radius 2 is 1.86 bits per heavy atom. The number of carbonyl (C=O) groups excluding carboxylic acids is 1. The molecule has 0 saturated carbocycles. The Morgan fingerprint density at radius 3 is 2.59 bits per heavy atom. The Labute approximate surface area is 170 Å². The number of imidazole rings is 1. The molecule has 0 radical (unpaired) electrons. The lowest BCUT2D eigenvalue weighted by Crippen LogP contribution is -2.11. The maximum atomic E-state index is 13.0. The molecule has 0 aliphatic heterocycles. The summed E-state index contributed by atoms with van der Waals surface area (Å²) in [5, 5.41) is 0.679. The van der Waals surface area contributed by atoms with Crippen LogP contribution < -0.4 is 0 Å². The highest BCUT2D eigenvalue weighted by molar-refractivity contribution is 7.98. The highest BCUT2D eigenvalue weighted by Gasteiger charge is 2.20. The number of para-hydroxylation sites is 1. The second-order valence-corrected chi connectivity index (χ2v) is 6.78. The number of halogens is 1. The molecule has 0 N–H and O–H groups in total. The van der Waals surface area contributed by atoms with Gasteiger partial charge in [-0.3, -0.25) is 4.57 Å². The number of oxazole rings is 1. The number of carbonyl (C=O) groups is 1. The van der Waals surface area contributed by atoms with Gasteiger partial charge in [0.15, 0.2) is 23.2 Å². The standard InChI is InChI=1S/C21H16FN3O3S/c1-29-21-24-11-17(25(21)16-5-3-2-4-6-16)20(26)27-13-19-23-12-18(28-19)14-7-9-15(22)10-8-14/h2-12H,13H2,1H3. The maximum Gasteiger partial charge on any atom is 0.357 e. The van der Waals surface area contributed by atoms with Gasteiger partial charge in [-0.2, -0.15) is 0 Å². The van der Waals surface area contributed by atoms with Crippen molar-refractivity contribution in [3.63, 3.8) is 0 Å². The van der Waals surface area contributed by atoms with Crippen LogP contribution in [0.25, 0.3) is 17.0 Å². The van der Waals surface area contributed by atoms with E-state index in [1.807, 2.05) is 36.6 Å². The van der Waals surface area contributed by atoms with Crippen LogP contribution in [-0.4, -0.2) is 26.8 Å². The molecule has 2 heterocycles. The molecular weight excluding hydrogens is 393 g/mol. The highest BCUT2D eigenvalue weighted by Crippen LogP contribution is 2.23. The fourth-order valence-corrected chi connectivity index (χ4v) is 3.32. The number of hydrogen-bond acceptors (Lipinski definition) is 6. The minimum Gasteiger partial charge on any atom is -0.451 e. The molecule has 6 nitrogen and oxygen atoms in total. The molecule has 4 rings (SSSR count). The van der Waals surface area contributed by atoms with Crippen LogP contribution in [0.2, 0.25) is 0 Å². The zero-order valence-electron chi connectivity index (χ0n) is 15.4. The molecule has 2 aromatic heterocycles. The summed E-state index contributed by atoms with van der Waals surface area (Å²) in [6, 6.07) is 15.3. The van der Waals surface area contributed by atoms with Gasteiger partial charge >= 0.3 is 5.97 Å². The van der Waals surface area contributed by atoms with E-state index >= 15 is 0 Å². The highest BCUT2D eigenvalue weighted by atomic mass is 32.2. The number of thioether (sulfide) groups is 1. The number of rotatable bonds is 6. The lowest BCUT2D eigenvalue weighted by atomic mass is 10.2. The molecule has 0 amide bonds. The van der Waals surface area contributed by atoms with Gasteiger partial charge in [0.1, 0.15) is 5.82 Å². The predicted octanol–water partition coefficient (Wildman–Crippen LogP) is 4.75. The van der Waals surface area contributed by atoms with Crippen molar-refractivity contribution in [1.29, 1.82) is 0 Å². The van der Waals surface area contributed by atoms with Crippen LogP contribution in [0.4, 0.5) is 4.39 Å². The van der Waals surface area contributed by atoms with Gasteiger partial charge in [0.25, 0.3) is 0 Å². The molecule has 8 heteroatoms. The van der Waals surface area contributed by atoms with E-state index in [1.54, 1.807) is 16.7 Å². The first-order valence-corrected chi connectivity index (χ1v) is 9.93. The molecule has 0 spiro atoms. The summed E-state index contributed by atoms with van der Waals surface area (Å²) < 4.78 is 25.8. The van der Waals surface area contributed by atoms with Gasteiger partial charge in [0, 0.05) is 11.3 Å². The van der Waals surface area contributed by atoms with E-state index in [1.165, 1.54) is 36.3 Å². The van der Waals surface area contributed by atoms with Crippen molar-refractivity contribution < 1.29 is 18.3 Å². The van der Waals surface area contributed by atoms with Gasteiger partial charge in [-0.15, -0.1) is 0 Å². The van der Waals surface area contributed by atoms with Crippen LogP contribution in [0.15, 0.2) is 76.6 Å². The van der Waals surface area contributed by atoms with E-state index in [0.717, 1.165) is 5.69 Å². The number of esters is 1. The topological polar surface area (TPSA) is 70.2 Å². The summed E-state index contributed by atoms with van der Waals surface area (Å²) in [5.41, 5.74) is 1.81. The largest absolute Gasteiger partial charge is 0.451 e. The summed E-state index contributed by atoms with van der Waals surface area (Å²) >= 11 is 1.43. The van der Waals surface area contributed by atoms with Gasteiger partial charge < -0.3 is 9.15 Å². The molecule has 0 aliphatic rings. The third kappa shape index (κ3) is 4.07. The maximum absolute atomic E-state index is 13.0. The lowest BCUT2D eigenvalue weighted by molar-refractivity contribution is 0.0428. The molecule has 4 aromatic rings. The molecule has 29 heavy (non-hydrogen) atoms. The van der Waals surface area contributed by atoms with E-state index < -0.39 is 5.97 Å². The Kier molecular flexibility index (Phi) is 5.44. The molecule has 0 unspecified atom stereocenters. The third-order valence-electron chi connectivity index (χ3n) is 4.14. The molecule has 0 atom stereocenters. The summed E-state index contributed by atoms with van der Waals surface area (Å²) in [5.74, 6) is -0.158. The van der Waals surface area contributed by atoms with Crippen molar-refractivity contribution in [2.45, 2.75) is 11.8 Å². The van der Waals surface area contributed by atoms with Gasteiger partial charge in [-0.05, 0) is 42.7 Å². The van der Waals surface area contributed by atoms with E-state index in [9.17, 15) is 9.18 Å². The number of hydrogen-bond donors (Lipinski definition) is 0. The van der Waals surface area contributed by atoms with Crippen molar-refractivity contribution in [2.75, 3.05) is 6.26 Å². The Morgan fingerprint density at radius 1 is 1.10 bits per heavy atom. The van der Waals surface area contributed by atoms with Crippen LogP contribution in [0.5, 0.6) is 0 Å². The smallest absolute Gasteiger partial charge is 0.357 e. The predicted molar refractivity (Wildman–Crippen MR) is 106 cm³/mol. The second-order valence-electron chi connectivity index (χ2n) is 6.00. The second kappa shape index (κ2) is 8.32. The Balaban J connectivity index is 1.50. The van der Waals surface area contributed by atoms with Crippen molar-refractivity contribution >= 4 is 17.7 Å². The minimum absolute atomic E-state index is 0.130. The fourth-order valence-electron chi connectivity index (χ4n) is 2.78. The first-order valence-electron chi connectivity index (χ1n) is 8.70. The van der Waals surface area contributed by atoms with Gasteiger partial charge in [-0.1, -0.05) is 30.0 Å². The fraction of sp³-hybridized carbons (Fsp3) is 0.0952. The van der Waals surface area contributed by atoms with E-state index in [-0.39, 0.29) is 18.3 Å². The third-order valence-corrected chi connectivity index (χ3v) is 4.80. The van der Waals surface area contributed by atoms with Crippen LogP contribution in [0.3, 0.4) is 0 Å². The van der Waals surface area contributed by atoms with E-state index in [4.69, 9.17) is 9.15 Å². The molecule has 0 fully saturated rings. The Hall–Kier alpha value is -3.39. The molecule has 0 saturated heterocycles. The summed E-state index contributed by atoms with van der Waals surface area (Å²) in [7, 11) is 0. The van der Waals surface area contributed by atoms with Crippen molar-refractivity contribution in [3.8, 4) is 17.0 Å². The summed E-state index contributed by atoms with van der Waals surface area (Å²) in [4.78, 5) is 21.1. The molecule has 146 valence electrons. The van der Waals surface area contributed by atoms with Gasteiger partial charge in [0.2, 0.25) is 5.89 Å². The average Bonchev–Trinajstić information content (AvgIpc) is 3.40. The SMILES string of the molecule is CSc1ncc(C(=O)OCc2ncc(-c3ccc(F)cc3)o2)n1-c1ccccc1. The van der Waals surface area contributed by atoms with Crippen LogP contribution in [-0.2, 0) is 11.3 Å². The van der Waals surface area contributed by atoms with Crippen LogP contribution in [0, 0.1) is 5.82 Å². The molecule has 2 aromatic carbocycles. The monoisotopic (exact) mass is 409 g/mol. The quantitative estimate of drug-likeness (QED) is 0.338. The van der Waals surface area contributed by atoms with Crippen molar-refractivity contribution in [3.05, 3.63) is 84.4 Å². The first kappa shape index (κ1) is 18.9. The normalized spacial score (nSPS) is 10.8. The van der Waals surface area contributed by atoms with E-state index in [0.29, 0.717) is 22.2 Å².